The van der Waals surface area contributed by atoms with Crippen LogP contribution in [0.25, 0.3) is 0 Å². The predicted octanol–water partition coefficient (Wildman–Crippen LogP) is -0.869. The van der Waals surface area contributed by atoms with E-state index in [0.29, 0.717) is 11.2 Å². The zero-order valence-corrected chi connectivity index (χ0v) is 10.4. The van der Waals surface area contributed by atoms with Crippen LogP contribution in [0.1, 0.15) is 17.8 Å². The first kappa shape index (κ1) is 13.2. The Balaban J connectivity index is 2.71. The predicted molar refractivity (Wildman–Crippen MR) is 64.7 cm³/mol. The molecule has 0 bridgehead atoms. The maximum absolute atomic E-state index is 9.21. The molecule has 0 saturated carbocycles. The average Bonchev–Trinajstić information content (AvgIpc) is 2.41. The summed E-state index contributed by atoms with van der Waals surface area (Å²) in [5, 5.41) is 22.7. The fraction of sp³-hybridized carbons (Fsp3) is 0.700. The molecule has 0 saturated heterocycles. The molecule has 16 heavy (non-hydrogen) atoms. The highest BCUT2D eigenvalue weighted by Crippen LogP contribution is 2.02. The lowest BCUT2D eigenvalue weighted by Crippen LogP contribution is -2.33. The van der Waals surface area contributed by atoms with E-state index in [0.717, 1.165) is 25.2 Å². The van der Waals surface area contributed by atoms with Gasteiger partial charge in [0.25, 0.3) is 0 Å². The molecule has 0 spiro atoms. The quantitative estimate of drug-likeness (QED) is 0.639. The maximum Gasteiger partial charge on any atom is 0.492 e. The second kappa shape index (κ2) is 5.47. The molecule has 0 aliphatic heterocycles. The monoisotopic (exact) mass is 225 g/mol. The zero-order chi connectivity index (χ0) is 12.3. The molecular formula is C10H20BN3O2. The molecule has 1 heterocycles. The smallest absolute Gasteiger partial charge is 0.423 e. The van der Waals surface area contributed by atoms with Gasteiger partial charge in [0, 0.05) is 17.7 Å². The maximum atomic E-state index is 9.21. The molecule has 0 unspecified atom stereocenters. The van der Waals surface area contributed by atoms with Crippen LogP contribution in [0, 0.1) is 13.8 Å². The van der Waals surface area contributed by atoms with Gasteiger partial charge in [0.2, 0.25) is 0 Å². The second-order valence-electron chi connectivity index (χ2n) is 4.34. The summed E-state index contributed by atoms with van der Waals surface area (Å²) in [7, 11) is 2.64. The van der Waals surface area contributed by atoms with Crippen molar-refractivity contribution in [3.8, 4) is 0 Å². The average molecular weight is 225 g/mol. The third kappa shape index (κ3) is 3.07. The van der Waals surface area contributed by atoms with E-state index in [4.69, 9.17) is 0 Å². The Labute approximate surface area is 96.8 Å². The van der Waals surface area contributed by atoms with Gasteiger partial charge in [-0.25, -0.2) is 0 Å². The highest BCUT2D eigenvalue weighted by atomic mass is 16.4. The molecule has 0 radical (unpaired) electrons. The van der Waals surface area contributed by atoms with E-state index in [1.165, 1.54) is 0 Å². The molecule has 0 aliphatic carbocycles. The van der Waals surface area contributed by atoms with Gasteiger partial charge in [-0.2, -0.15) is 5.10 Å². The summed E-state index contributed by atoms with van der Waals surface area (Å²) in [6.45, 7) is 5.46. The lowest BCUT2D eigenvalue weighted by molar-refractivity contribution is 0.379. The van der Waals surface area contributed by atoms with Gasteiger partial charge in [-0.15, -0.1) is 0 Å². The van der Waals surface area contributed by atoms with Gasteiger partial charge < -0.3 is 14.9 Å². The van der Waals surface area contributed by atoms with Crippen molar-refractivity contribution < 1.29 is 10.0 Å². The van der Waals surface area contributed by atoms with Gasteiger partial charge in [0.1, 0.15) is 0 Å². The van der Waals surface area contributed by atoms with Gasteiger partial charge in [0.05, 0.1) is 5.69 Å². The van der Waals surface area contributed by atoms with Gasteiger partial charge in [-0.1, -0.05) is 0 Å². The first-order chi connectivity index (χ1) is 7.43. The van der Waals surface area contributed by atoms with E-state index in [1.807, 2.05) is 25.7 Å². The van der Waals surface area contributed by atoms with Crippen molar-refractivity contribution in [1.82, 2.24) is 14.7 Å². The highest BCUT2D eigenvalue weighted by molar-refractivity contribution is 6.59. The summed E-state index contributed by atoms with van der Waals surface area (Å²) in [5.74, 6) is 0. The van der Waals surface area contributed by atoms with Gasteiger partial charge in [-0.3, -0.25) is 4.68 Å². The third-order valence-electron chi connectivity index (χ3n) is 2.67. The molecule has 1 aromatic rings. The van der Waals surface area contributed by atoms with Crippen molar-refractivity contribution in [2.75, 3.05) is 20.6 Å². The lowest BCUT2D eigenvalue weighted by atomic mass is 9.78. The van der Waals surface area contributed by atoms with E-state index in [2.05, 4.69) is 10.00 Å². The van der Waals surface area contributed by atoms with Crippen LogP contribution >= 0.6 is 0 Å². The van der Waals surface area contributed by atoms with E-state index in [1.54, 1.807) is 6.92 Å². The van der Waals surface area contributed by atoms with Crippen LogP contribution in [0.5, 0.6) is 0 Å². The Bertz CT molecular complexity index is 350. The largest absolute Gasteiger partial charge is 0.492 e. The lowest BCUT2D eigenvalue weighted by Gasteiger charge is -2.10. The van der Waals surface area contributed by atoms with Crippen LogP contribution in [0.15, 0.2) is 0 Å². The molecule has 0 atom stereocenters. The van der Waals surface area contributed by atoms with Crippen LogP contribution in [0.4, 0.5) is 0 Å². The number of hydrogen-bond donors (Lipinski definition) is 2. The van der Waals surface area contributed by atoms with Crippen LogP contribution in [-0.4, -0.2) is 52.5 Å². The van der Waals surface area contributed by atoms with Gasteiger partial charge >= 0.3 is 7.12 Å². The Morgan fingerprint density at radius 2 is 1.94 bits per heavy atom. The minimum Gasteiger partial charge on any atom is -0.423 e. The van der Waals surface area contributed by atoms with Crippen molar-refractivity contribution in [2.24, 2.45) is 0 Å². The van der Waals surface area contributed by atoms with E-state index in [9.17, 15) is 10.0 Å². The molecule has 2 N–H and O–H groups in total. The number of hydrogen-bond acceptors (Lipinski definition) is 4. The van der Waals surface area contributed by atoms with Crippen LogP contribution in [-0.2, 0) is 6.54 Å². The van der Waals surface area contributed by atoms with Crippen molar-refractivity contribution in [3.63, 3.8) is 0 Å². The number of aryl methyl sites for hydroxylation is 2. The molecule has 5 nitrogen and oxygen atoms in total. The molecule has 0 amide bonds. The molecule has 1 aromatic heterocycles. The highest BCUT2D eigenvalue weighted by Gasteiger charge is 2.21. The SMILES string of the molecule is Cc1nn(CCCN(C)C)c(C)c1B(O)O. The fourth-order valence-corrected chi connectivity index (χ4v) is 1.84. The van der Waals surface area contributed by atoms with Crippen LogP contribution in [0.3, 0.4) is 0 Å². The third-order valence-corrected chi connectivity index (χ3v) is 2.67. The van der Waals surface area contributed by atoms with Crippen molar-refractivity contribution in [3.05, 3.63) is 11.4 Å². The van der Waals surface area contributed by atoms with Crippen molar-refractivity contribution >= 4 is 12.6 Å². The number of nitrogens with zero attached hydrogens (tertiary/aromatic N) is 3. The Hall–Kier alpha value is -0.845. The van der Waals surface area contributed by atoms with Crippen molar-refractivity contribution in [2.45, 2.75) is 26.8 Å². The summed E-state index contributed by atoms with van der Waals surface area (Å²) in [6, 6.07) is 0. The topological polar surface area (TPSA) is 61.5 Å². The van der Waals surface area contributed by atoms with E-state index >= 15 is 0 Å². The molecular weight excluding hydrogens is 205 g/mol. The summed E-state index contributed by atoms with van der Waals surface area (Å²) >= 11 is 0. The molecule has 0 aromatic carbocycles. The number of aromatic nitrogens is 2. The summed E-state index contributed by atoms with van der Waals surface area (Å²) < 4.78 is 1.84. The minimum atomic E-state index is -1.43. The Morgan fingerprint density at radius 3 is 2.38 bits per heavy atom. The van der Waals surface area contributed by atoms with Crippen molar-refractivity contribution in [1.29, 1.82) is 0 Å². The summed E-state index contributed by atoms with van der Waals surface area (Å²) in [6.07, 6.45) is 0.996. The second-order valence-corrected chi connectivity index (χ2v) is 4.34. The summed E-state index contributed by atoms with van der Waals surface area (Å²) in [4.78, 5) is 2.12. The molecule has 6 heteroatoms. The Morgan fingerprint density at radius 1 is 1.31 bits per heavy atom. The first-order valence-electron chi connectivity index (χ1n) is 5.48. The van der Waals surface area contributed by atoms with Gasteiger partial charge in [0.15, 0.2) is 0 Å². The molecule has 0 fully saturated rings. The molecule has 0 aliphatic rings. The normalized spacial score (nSPS) is 11.2. The standard InChI is InChI=1S/C10H20BN3O2/c1-8-10(11(15)16)9(2)14(12-8)7-5-6-13(3)4/h15-16H,5-7H2,1-4H3. The minimum absolute atomic E-state index is 0.532. The zero-order valence-electron chi connectivity index (χ0n) is 10.4. The van der Waals surface area contributed by atoms with E-state index in [-0.39, 0.29) is 0 Å². The fourth-order valence-electron chi connectivity index (χ4n) is 1.84. The van der Waals surface area contributed by atoms with Crippen LogP contribution < -0.4 is 5.46 Å². The van der Waals surface area contributed by atoms with Gasteiger partial charge in [-0.05, 0) is 40.9 Å². The first-order valence-corrected chi connectivity index (χ1v) is 5.48. The Kier molecular flexibility index (Phi) is 4.52. The molecule has 1 rings (SSSR count). The number of rotatable bonds is 5. The molecule has 90 valence electrons. The van der Waals surface area contributed by atoms with Crippen LogP contribution in [0.2, 0.25) is 0 Å². The van der Waals surface area contributed by atoms with E-state index < -0.39 is 7.12 Å². The summed E-state index contributed by atoms with van der Waals surface area (Å²) in [5.41, 5.74) is 2.06.